The van der Waals surface area contributed by atoms with Crippen LogP contribution in [0.5, 0.6) is 0 Å². The van der Waals surface area contributed by atoms with Gasteiger partial charge in [-0.25, -0.2) is 4.79 Å². The van der Waals surface area contributed by atoms with Gasteiger partial charge in [0.25, 0.3) is 0 Å². The van der Waals surface area contributed by atoms with Crippen molar-refractivity contribution in [3.63, 3.8) is 0 Å². The van der Waals surface area contributed by atoms with Crippen LogP contribution in [-0.2, 0) is 11.2 Å². The van der Waals surface area contributed by atoms with E-state index in [2.05, 4.69) is 20.8 Å². The number of hydrogen-bond acceptors (Lipinski definition) is 5. The average Bonchev–Trinajstić information content (AvgIpc) is 2.81. The monoisotopic (exact) mass is 284 g/mol. The molecule has 0 bridgehead atoms. The minimum absolute atomic E-state index is 0.0754. The van der Waals surface area contributed by atoms with E-state index in [4.69, 9.17) is 9.63 Å². The highest BCUT2D eigenvalue weighted by atomic mass is 16.5. The van der Waals surface area contributed by atoms with Gasteiger partial charge in [-0.05, 0) is 13.3 Å². The van der Waals surface area contributed by atoms with E-state index in [1.165, 1.54) is 0 Å². The molecule has 1 aromatic heterocycles. The number of hydrogen-bond donors (Lipinski definition) is 3. The Morgan fingerprint density at radius 3 is 2.60 bits per heavy atom. The molecule has 3 N–H and O–H groups in total. The number of aliphatic carboxylic acids is 1. The number of nitrogens with zero attached hydrogens (tertiary/aromatic N) is 2. The Hall–Kier alpha value is -2.12. The molecule has 8 heteroatoms. The van der Waals surface area contributed by atoms with E-state index in [9.17, 15) is 9.59 Å². The fourth-order valence-corrected chi connectivity index (χ4v) is 1.42. The Bertz CT molecular complexity index is 474. The summed E-state index contributed by atoms with van der Waals surface area (Å²) >= 11 is 0. The van der Waals surface area contributed by atoms with Crippen LogP contribution in [0.4, 0.5) is 4.79 Å². The second-order valence-electron chi connectivity index (χ2n) is 4.81. The van der Waals surface area contributed by atoms with Crippen molar-refractivity contribution in [3.8, 4) is 0 Å². The Kier molecular flexibility index (Phi) is 5.48. The van der Waals surface area contributed by atoms with E-state index < -0.39 is 17.4 Å². The van der Waals surface area contributed by atoms with Gasteiger partial charge in [-0.3, -0.25) is 4.79 Å². The number of carbonyl (C=O) groups is 2. The molecule has 20 heavy (non-hydrogen) atoms. The number of carboxylic acids is 1. The van der Waals surface area contributed by atoms with Gasteiger partial charge in [-0.2, -0.15) is 4.98 Å². The van der Waals surface area contributed by atoms with Crippen molar-refractivity contribution < 1.29 is 19.2 Å². The first-order valence-corrected chi connectivity index (χ1v) is 6.41. The first-order valence-electron chi connectivity index (χ1n) is 6.41. The molecule has 1 rings (SSSR count). The lowest BCUT2D eigenvalue weighted by Gasteiger charge is -2.23. The lowest BCUT2D eigenvalue weighted by molar-refractivity contribution is -0.147. The Balaban J connectivity index is 2.28. The molecule has 0 radical (unpaired) electrons. The third kappa shape index (κ3) is 4.52. The Labute approximate surface area is 116 Å². The van der Waals surface area contributed by atoms with Gasteiger partial charge in [0.15, 0.2) is 5.82 Å². The van der Waals surface area contributed by atoms with E-state index in [0.717, 1.165) is 0 Å². The van der Waals surface area contributed by atoms with Crippen LogP contribution >= 0.6 is 0 Å². The molecule has 0 aliphatic rings. The maximum Gasteiger partial charge on any atom is 0.314 e. The number of rotatable bonds is 7. The lowest BCUT2D eigenvalue weighted by Crippen LogP contribution is -2.45. The van der Waals surface area contributed by atoms with Gasteiger partial charge in [0.05, 0.1) is 5.41 Å². The topological polar surface area (TPSA) is 117 Å². The van der Waals surface area contributed by atoms with E-state index in [1.807, 2.05) is 0 Å². The minimum Gasteiger partial charge on any atom is -0.481 e. The number of aromatic nitrogens is 2. The molecule has 0 fully saturated rings. The van der Waals surface area contributed by atoms with Crippen molar-refractivity contribution in [3.05, 3.63) is 11.7 Å². The summed E-state index contributed by atoms with van der Waals surface area (Å²) in [5, 5.41) is 17.9. The summed E-state index contributed by atoms with van der Waals surface area (Å²) in [5.41, 5.74) is -0.956. The molecule has 0 aliphatic carbocycles. The van der Waals surface area contributed by atoms with Crippen molar-refractivity contribution in [1.29, 1.82) is 0 Å². The highest BCUT2D eigenvalue weighted by Gasteiger charge is 2.31. The van der Waals surface area contributed by atoms with Crippen LogP contribution in [0.15, 0.2) is 4.52 Å². The molecule has 1 unspecified atom stereocenters. The van der Waals surface area contributed by atoms with Crippen molar-refractivity contribution in [2.75, 3.05) is 13.1 Å². The van der Waals surface area contributed by atoms with Crippen LogP contribution in [0.3, 0.4) is 0 Å². The molecule has 0 saturated heterocycles. The van der Waals surface area contributed by atoms with E-state index in [0.29, 0.717) is 31.1 Å². The zero-order valence-corrected chi connectivity index (χ0v) is 11.9. The predicted octanol–water partition coefficient (Wildman–Crippen LogP) is 0.721. The van der Waals surface area contributed by atoms with Crippen LogP contribution in [-0.4, -0.2) is 40.3 Å². The lowest BCUT2D eigenvalue weighted by atomic mass is 9.88. The van der Waals surface area contributed by atoms with E-state index >= 15 is 0 Å². The quantitative estimate of drug-likeness (QED) is 0.679. The van der Waals surface area contributed by atoms with Crippen LogP contribution in [0.1, 0.15) is 32.0 Å². The van der Waals surface area contributed by atoms with Gasteiger partial charge in [0, 0.05) is 26.4 Å². The highest BCUT2D eigenvalue weighted by molar-refractivity contribution is 5.77. The molecule has 1 aromatic rings. The normalized spacial score (nSPS) is 13.6. The number of nitrogens with one attached hydrogen (secondary N) is 2. The maximum absolute atomic E-state index is 11.5. The maximum atomic E-state index is 11.5. The second kappa shape index (κ2) is 6.88. The SMILES string of the molecule is CCC(C)(CNC(=O)NCCc1noc(C)n1)C(=O)O. The van der Waals surface area contributed by atoms with Gasteiger partial charge >= 0.3 is 12.0 Å². The first kappa shape index (κ1) is 15.9. The zero-order chi connectivity index (χ0) is 15.2. The number of amides is 2. The van der Waals surface area contributed by atoms with Crippen LogP contribution in [0.2, 0.25) is 0 Å². The largest absolute Gasteiger partial charge is 0.481 e. The summed E-state index contributed by atoms with van der Waals surface area (Å²) in [5.74, 6) is 0.0685. The number of aryl methyl sites for hydroxylation is 1. The van der Waals surface area contributed by atoms with Crippen molar-refractivity contribution in [2.24, 2.45) is 5.41 Å². The summed E-state index contributed by atoms with van der Waals surface area (Å²) in [6.45, 7) is 5.48. The fourth-order valence-electron chi connectivity index (χ4n) is 1.42. The van der Waals surface area contributed by atoms with Crippen molar-refractivity contribution in [2.45, 2.75) is 33.6 Å². The predicted molar refractivity (Wildman–Crippen MR) is 70.2 cm³/mol. The van der Waals surface area contributed by atoms with Gasteiger partial charge in [0.1, 0.15) is 0 Å². The summed E-state index contributed by atoms with van der Waals surface area (Å²) in [6.07, 6.45) is 0.888. The molecule has 112 valence electrons. The van der Waals surface area contributed by atoms with Gasteiger partial charge in [0.2, 0.25) is 5.89 Å². The van der Waals surface area contributed by atoms with Gasteiger partial charge < -0.3 is 20.3 Å². The Morgan fingerprint density at radius 1 is 1.40 bits per heavy atom. The van der Waals surface area contributed by atoms with Gasteiger partial charge in [-0.15, -0.1) is 0 Å². The summed E-state index contributed by atoms with van der Waals surface area (Å²) < 4.78 is 4.80. The smallest absolute Gasteiger partial charge is 0.314 e. The van der Waals surface area contributed by atoms with Crippen LogP contribution < -0.4 is 10.6 Å². The van der Waals surface area contributed by atoms with Crippen molar-refractivity contribution in [1.82, 2.24) is 20.8 Å². The summed E-state index contributed by atoms with van der Waals surface area (Å²) in [6, 6.07) is -0.411. The average molecular weight is 284 g/mol. The standard InChI is InChI=1S/C12H20N4O4/c1-4-12(3,10(17)18)7-14-11(19)13-6-5-9-15-8(2)20-16-9/h4-7H2,1-3H3,(H,17,18)(H2,13,14,19). The van der Waals surface area contributed by atoms with E-state index in [1.54, 1.807) is 20.8 Å². The zero-order valence-electron chi connectivity index (χ0n) is 11.9. The van der Waals surface area contributed by atoms with Crippen molar-refractivity contribution >= 4 is 12.0 Å². The molecule has 0 spiro atoms. The molecule has 1 atom stereocenters. The van der Waals surface area contributed by atoms with E-state index in [-0.39, 0.29) is 6.54 Å². The molecule has 0 saturated carbocycles. The Morgan fingerprint density at radius 2 is 2.10 bits per heavy atom. The second-order valence-corrected chi connectivity index (χ2v) is 4.81. The first-order chi connectivity index (χ1) is 9.37. The number of carbonyl (C=O) groups excluding carboxylic acids is 1. The molecule has 8 nitrogen and oxygen atoms in total. The molecule has 0 aromatic carbocycles. The molecule has 0 aliphatic heterocycles. The third-order valence-electron chi connectivity index (χ3n) is 3.14. The third-order valence-corrected chi connectivity index (χ3v) is 3.14. The summed E-state index contributed by atoms with van der Waals surface area (Å²) in [4.78, 5) is 26.6. The fraction of sp³-hybridized carbons (Fsp3) is 0.667. The molecule has 2 amide bonds. The van der Waals surface area contributed by atoms with Crippen LogP contribution in [0.25, 0.3) is 0 Å². The summed E-state index contributed by atoms with van der Waals surface area (Å²) in [7, 11) is 0. The number of carboxylic acid groups (broad SMARTS) is 1. The van der Waals surface area contributed by atoms with Crippen LogP contribution in [0, 0.1) is 12.3 Å². The molecular weight excluding hydrogens is 264 g/mol. The number of urea groups is 1. The molecule has 1 heterocycles. The molecular formula is C12H20N4O4. The minimum atomic E-state index is -0.956. The van der Waals surface area contributed by atoms with Gasteiger partial charge in [-0.1, -0.05) is 12.1 Å². The highest BCUT2D eigenvalue weighted by Crippen LogP contribution is 2.19.